The van der Waals surface area contributed by atoms with Crippen LogP contribution in [0.25, 0.3) is 0 Å². The lowest BCUT2D eigenvalue weighted by Gasteiger charge is -2.16. The lowest BCUT2D eigenvalue weighted by atomic mass is 10.1. The average Bonchev–Trinajstić information content (AvgIpc) is 2.78. The number of hydrogen-bond acceptors (Lipinski definition) is 7. The summed E-state index contributed by atoms with van der Waals surface area (Å²) in [5, 5.41) is 20.1. The quantitative estimate of drug-likeness (QED) is 0.280. The van der Waals surface area contributed by atoms with Gasteiger partial charge in [-0.2, -0.15) is 5.26 Å². The van der Waals surface area contributed by atoms with Crippen LogP contribution >= 0.6 is 0 Å². The zero-order chi connectivity index (χ0) is 23.7. The predicted octanol–water partition coefficient (Wildman–Crippen LogP) is 1.77. The van der Waals surface area contributed by atoms with Crippen LogP contribution in [0.5, 0.6) is 11.5 Å². The molecule has 0 saturated carbocycles. The number of ether oxygens (including phenoxy) is 2. The van der Waals surface area contributed by atoms with Crippen molar-refractivity contribution < 1.29 is 22.7 Å². The van der Waals surface area contributed by atoms with Crippen LogP contribution in [0.15, 0.2) is 59.1 Å². The summed E-state index contributed by atoms with van der Waals surface area (Å²) < 4.78 is 33.1. The highest BCUT2D eigenvalue weighted by atomic mass is 32.2. The van der Waals surface area contributed by atoms with Gasteiger partial charge in [0.2, 0.25) is 10.0 Å². The average molecular weight is 459 g/mol. The van der Waals surface area contributed by atoms with Gasteiger partial charge in [-0.25, -0.2) is 13.6 Å². The molecule has 1 unspecified atom stereocenters. The monoisotopic (exact) mass is 458 g/mol. The Morgan fingerprint density at radius 2 is 1.81 bits per heavy atom. The molecule has 0 aliphatic carbocycles. The summed E-state index contributed by atoms with van der Waals surface area (Å²) in [7, 11) is -0.655. The van der Waals surface area contributed by atoms with Gasteiger partial charge >= 0.3 is 0 Å². The van der Waals surface area contributed by atoms with Crippen LogP contribution in [0.1, 0.15) is 24.1 Å². The molecule has 0 aliphatic rings. The smallest absolute Gasteiger partial charge is 0.263 e. The minimum absolute atomic E-state index is 0.0427. The summed E-state index contributed by atoms with van der Waals surface area (Å²) >= 11 is 0. The highest BCUT2D eigenvalue weighted by Crippen LogP contribution is 2.29. The zero-order valence-electron chi connectivity index (χ0n) is 18.1. The van der Waals surface area contributed by atoms with Gasteiger partial charge in [0.1, 0.15) is 11.6 Å². The number of hydrogen-bond donors (Lipinski definition) is 3. The van der Waals surface area contributed by atoms with E-state index < -0.39 is 15.9 Å². The van der Waals surface area contributed by atoms with Crippen LogP contribution in [-0.4, -0.2) is 35.1 Å². The molecule has 0 aliphatic heterocycles. The van der Waals surface area contributed by atoms with Crippen LogP contribution in [0.2, 0.25) is 0 Å². The third-order valence-electron chi connectivity index (χ3n) is 4.68. The van der Waals surface area contributed by atoms with Crippen molar-refractivity contribution in [2.75, 3.05) is 20.8 Å². The van der Waals surface area contributed by atoms with E-state index in [1.54, 1.807) is 38.3 Å². The van der Waals surface area contributed by atoms with E-state index >= 15 is 0 Å². The van der Waals surface area contributed by atoms with Crippen molar-refractivity contribution in [2.24, 2.45) is 5.14 Å². The van der Waals surface area contributed by atoms with Crippen molar-refractivity contribution in [1.82, 2.24) is 10.6 Å². The third kappa shape index (κ3) is 6.73. The van der Waals surface area contributed by atoms with Crippen molar-refractivity contribution in [3.8, 4) is 17.6 Å². The lowest BCUT2D eigenvalue weighted by Crippen LogP contribution is -2.28. The number of sulfonamides is 1. The molecule has 2 rings (SSSR count). The van der Waals surface area contributed by atoms with Crippen molar-refractivity contribution >= 4 is 15.9 Å². The largest absolute Gasteiger partial charge is 0.493 e. The molecule has 2 aromatic carbocycles. The highest BCUT2D eigenvalue weighted by Gasteiger charge is 2.15. The van der Waals surface area contributed by atoms with Gasteiger partial charge in [0.15, 0.2) is 11.5 Å². The number of amides is 1. The van der Waals surface area contributed by atoms with Crippen LogP contribution in [0.3, 0.4) is 0 Å². The molecule has 10 heteroatoms. The number of nitrogens with two attached hydrogens (primary N) is 1. The van der Waals surface area contributed by atoms with Gasteiger partial charge in [0, 0.05) is 12.7 Å². The maximum atomic E-state index is 12.5. The Bertz CT molecular complexity index is 1120. The Hall–Kier alpha value is -3.55. The second-order valence-corrected chi connectivity index (χ2v) is 8.43. The zero-order valence-corrected chi connectivity index (χ0v) is 18.9. The van der Waals surface area contributed by atoms with Gasteiger partial charge in [-0.05, 0) is 48.7 Å². The number of benzene rings is 2. The number of primary sulfonamides is 1. The summed E-state index contributed by atoms with van der Waals surface area (Å²) in [4.78, 5) is 12.5. The number of nitrogens with one attached hydrogen (secondary N) is 2. The molecule has 0 spiro atoms. The maximum Gasteiger partial charge on any atom is 0.263 e. The molecule has 32 heavy (non-hydrogen) atoms. The molecular formula is C22H26N4O5S. The first-order valence-corrected chi connectivity index (χ1v) is 11.2. The highest BCUT2D eigenvalue weighted by molar-refractivity contribution is 7.89. The molecule has 0 fully saturated rings. The van der Waals surface area contributed by atoms with E-state index in [2.05, 4.69) is 10.6 Å². The molecule has 0 heterocycles. The topological polar surface area (TPSA) is 144 Å². The Balaban J connectivity index is 1.93. The second-order valence-electron chi connectivity index (χ2n) is 6.87. The summed E-state index contributed by atoms with van der Waals surface area (Å²) in [6, 6.07) is 13.0. The Morgan fingerprint density at radius 1 is 1.16 bits per heavy atom. The van der Waals surface area contributed by atoms with E-state index in [0.717, 1.165) is 11.1 Å². The van der Waals surface area contributed by atoms with Gasteiger partial charge in [0.25, 0.3) is 5.91 Å². The molecule has 0 saturated heterocycles. The molecule has 0 bridgehead atoms. The second kappa shape index (κ2) is 11.2. The van der Waals surface area contributed by atoms with Crippen LogP contribution in [0.4, 0.5) is 0 Å². The summed E-state index contributed by atoms with van der Waals surface area (Å²) in [6.07, 6.45) is 1.92. The molecule has 1 amide bonds. The Kier molecular flexibility index (Phi) is 8.63. The Morgan fingerprint density at radius 3 is 2.38 bits per heavy atom. The molecule has 1 atom stereocenters. The van der Waals surface area contributed by atoms with Gasteiger partial charge in [0.05, 0.1) is 25.2 Å². The maximum absolute atomic E-state index is 12.5. The molecule has 2 aromatic rings. The van der Waals surface area contributed by atoms with Crippen molar-refractivity contribution in [2.45, 2.75) is 24.3 Å². The fourth-order valence-corrected chi connectivity index (χ4v) is 3.38. The fourth-order valence-electron chi connectivity index (χ4n) is 2.87. The van der Waals surface area contributed by atoms with E-state index in [4.69, 9.17) is 14.6 Å². The third-order valence-corrected chi connectivity index (χ3v) is 5.61. The van der Waals surface area contributed by atoms with E-state index in [1.807, 2.05) is 12.1 Å². The summed E-state index contributed by atoms with van der Waals surface area (Å²) in [5.74, 6) is 0.608. The van der Waals surface area contributed by atoms with Gasteiger partial charge in [-0.3, -0.25) is 4.79 Å². The number of nitrogens with zero attached hydrogens (tertiary/aromatic N) is 1. The molecule has 0 radical (unpaired) electrons. The van der Waals surface area contributed by atoms with E-state index in [9.17, 15) is 18.5 Å². The van der Waals surface area contributed by atoms with Gasteiger partial charge < -0.3 is 20.1 Å². The number of rotatable bonds is 10. The van der Waals surface area contributed by atoms with Crippen LogP contribution < -0.4 is 25.2 Å². The first-order valence-electron chi connectivity index (χ1n) is 9.67. The number of carbonyl (C=O) groups is 1. The molecule has 4 N–H and O–H groups in total. The number of nitriles is 1. The molecule has 9 nitrogen and oxygen atoms in total. The van der Waals surface area contributed by atoms with Crippen LogP contribution in [-0.2, 0) is 21.2 Å². The van der Waals surface area contributed by atoms with Gasteiger partial charge in [-0.1, -0.05) is 18.2 Å². The van der Waals surface area contributed by atoms with Crippen molar-refractivity contribution in [1.29, 1.82) is 5.26 Å². The molecule has 0 aromatic heterocycles. The van der Waals surface area contributed by atoms with Crippen molar-refractivity contribution in [3.05, 3.63) is 65.4 Å². The molecule has 170 valence electrons. The van der Waals surface area contributed by atoms with Gasteiger partial charge in [-0.15, -0.1) is 0 Å². The Labute approximate surface area is 187 Å². The van der Waals surface area contributed by atoms with E-state index in [0.29, 0.717) is 24.5 Å². The fraction of sp³-hybridized carbons (Fsp3) is 0.273. The van der Waals surface area contributed by atoms with E-state index in [1.165, 1.54) is 25.4 Å². The first kappa shape index (κ1) is 24.7. The standard InChI is InChI=1S/C22H26N4O5S/c1-15(17-6-9-20(30-2)21(12-17)31-3)26-22(27)18(13-23)14-25-11-10-16-4-7-19(8-5-16)32(24,28)29/h4-9,12,14-15,25H,10-11H2,1-3H3,(H,26,27)(H2,24,28,29)/b18-14-. The number of methoxy groups -OCH3 is 2. The SMILES string of the molecule is COc1ccc(C(C)NC(=O)/C(C#N)=C\NCCc2ccc(S(N)(=O)=O)cc2)cc1OC. The summed E-state index contributed by atoms with van der Waals surface area (Å²) in [5.41, 5.74) is 1.61. The minimum atomic E-state index is -3.73. The normalized spacial score (nSPS) is 12.4. The molecular weight excluding hydrogens is 432 g/mol. The number of carbonyl (C=O) groups excluding carboxylic acids is 1. The first-order chi connectivity index (χ1) is 15.2. The summed E-state index contributed by atoms with van der Waals surface area (Å²) in [6.45, 7) is 2.24. The van der Waals surface area contributed by atoms with E-state index in [-0.39, 0.29) is 16.5 Å². The van der Waals surface area contributed by atoms with Crippen LogP contribution in [0, 0.1) is 11.3 Å². The van der Waals surface area contributed by atoms with Crippen molar-refractivity contribution in [3.63, 3.8) is 0 Å². The lowest BCUT2D eigenvalue weighted by molar-refractivity contribution is -0.117. The minimum Gasteiger partial charge on any atom is -0.493 e. The predicted molar refractivity (Wildman–Crippen MR) is 119 cm³/mol.